The van der Waals surface area contributed by atoms with Crippen LogP contribution in [0.1, 0.15) is 117 Å². The predicted octanol–water partition coefficient (Wildman–Crippen LogP) is 5.17. The molecule has 0 radical (unpaired) electrons. The Balaban J connectivity index is 1.86. The van der Waals surface area contributed by atoms with E-state index in [-0.39, 0.29) is 19.6 Å². The number of rotatable bonds is 33. The van der Waals surface area contributed by atoms with Gasteiger partial charge < -0.3 is 64.2 Å². The fraction of sp³-hybridized carbons (Fsp3) is 0.723. The van der Waals surface area contributed by atoms with Gasteiger partial charge in [0.15, 0.2) is 12.6 Å². The van der Waals surface area contributed by atoms with Gasteiger partial charge in [-0.1, -0.05) is 119 Å². The van der Waals surface area contributed by atoms with Crippen molar-refractivity contribution in [2.24, 2.45) is 0 Å². The van der Waals surface area contributed by atoms with Crippen LogP contribution in [0.3, 0.4) is 0 Å². The van der Waals surface area contributed by atoms with Gasteiger partial charge in [0.2, 0.25) is 0 Å². The lowest BCUT2D eigenvalue weighted by Gasteiger charge is -2.42. The second-order valence-corrected chi connectivity index (χ2v) is 15.5. The number of carbonyl (C=O) groups excluding carboxylic acids is 1. The van der Waals surface area contributed by atoms with Crippen LogP contribution >= 0.6 is 0 Å². The van der Waals surface area contributed by atoms with Crippen molar-refractivity contribution in [2.75, 3.05) is 33.0 Å². The van der Waals surface area contributed by atoms with E-state index in [9.17, 15) is 40.5 Å². The van der Waals surface area contributed by atoms with Crippen molar-refractivity contribution >= 4 is 5.97 Å². The van der Waals surface area contributed by atoms with E-state index in [1.54, 1.807) is 0 Å². The van der Waals surface area contributed by atoms with Crippen LogP contribution in [0.25, 0.3) is 0 Å². The molecule has 2 aliphatic rings. The monoisotopic (exact) mass is 867 g/mol. The highest BCUT2D eigenvalue weighted by molar-refractivity contribution is 5.69. The zero-order chi connectivity index (χ0) is 44.5. The molecule has 0 spiro atoms. The highest BCUT2D eigenvalue weighted by atomic mass is 16.7. The number of hydrogen-bond acceptors (Lipinski definition) is 14. The maximum absolute atomic E-state index is 12.9. The zero-order valence-corrected chi connectivity index (χ0v) is 36.6. The van der Waals surface area contributed by atoms with Crippen LogP contribution < -0.4 is 0 Å². The van der Waals surface area contributed by atoms with E-state index in [1.165, 1.54) is 19.3 Å². The molecule has 350 valence electrons. The van der Waals surface area contributed by atoms with Gasteiger partial charge in [0.05, 0.1) is 26.4 Å². The minimum atomic E-state index is -1.72. The first-order valence-corrected chi connectivity index (χ1v) is 22.5. The number of carbonyl (C=O) groups is 1. The molecule has 0 amide bonds. The average molecular weight is 867 g/mol. The summed E-state index contributed by atoms with van der Waals surface area (Å²) < 4.78 is 34.0. The van der Waals surface area contributed by atoms with Crippen LogP contribution in [0.5, 0.6) is 0 Å². The van der Waals surface area contributed by atoms with Gasteiger partial charge in [-0.15, -0.1) is 0 Å². The third kappa shape index (κ3) is 23.6. The maximum atomic E-state index is 12.9. The Kier molecular flexibility index (Phi) is 31.2. The number of hydrogen-bond donors (Lipinski definition) is 7. The number of unbranched alkanes of at least 4 members (excludes halogenated alkanes) is 7. The van der Waals surface area contributed by atoms with E-state index in [0.717, 1.165) is 70.6 Å². The van der Waals surface area contributed by atoms with Gasteiger partial charge in [0.1, 0.15) is 54.9 Å². The quantitative estimate of drug-likeness (QED) is 0.0258. The van der Waals surface area contributed by atoms with Crippen LogP contribution in [0, 0.1) is 0 Å². The van der Waals surface area contributed by atoms with Crippen LogP contribution in [-0.2, 0) is 33.2 Å². The molecule has 2 fully saturated rings. The molecule has 0 bridgehead atoms. The van der Waals surface area contributed by atoms with E-state index in [4.69, 9.17) is 28.4 Å². The van der Waals surface area contributed by atoms with E-state index in [1.807, 2.05) is 12.2 Å². The molecule has 2 aliphatic heterocycles. The molecular weight excluding hydrogens is 789 g/mol. The highest BCUT2D eigenvalue weighted by Gasteiger charge is 2.47. The number of ether oxygens (including phenoxy) is 6. The lowest BCUT2D eigenvalue weighted by molar-refractivity contribution is -0.332. The van der Waals surface area contributed by atoms with E-state index >= 15 is 0 Å². The zero-order valence-electron chi connectivity index (χ0n) is 36.6. The molecule has 61 heavy (non-hydrogen) atoms. The topological polar surface area (TPSA) is 214 Å². The molecule has 14 heteroatoms. The summed E-state index contributed by atoms with van der Waals surface area (Å²) in [4.78, 5) is 12.9. The molecule has 7 N–H and O–H groups in total. The second kappa shape index (κ2) is 34.9. The number of allylic oxidation sites excluding steroid dienone is 12. The normalized spacial score (nSPS) is 28.1. The van der Waals surface area contributed by atoms with Gasteiger partial charge in [0.25, 0.3) is 0 Å². The summed E-state index contributed by atoms with van der Waals surface area (Å²) in [6.07, 6.45) is 24.2. The summed E-state index contributed by atoms with van der Waals surface area (Å²) in [5, 5.41) is 71.9. The van der Waals surface area contributed by atoms with E-state index in [0.29, 0.717) is 13.0 Å². The molecule has 11 unspecified atom stereocenters. The van der Waals surface area contributed by atoms with Crippen molar-refractivity contribution in [1.82, 2.24) is 0 Å². The van der Waals surface area contributed by atoms with Gasteiger partial charge in [-0.05, 0) is 64.2 Å². The Morgan fingerprint density at radius 2 is 1.07 bits per heavy atom. The van der Waals surface area contributed by atoms with Crippen LogP contribution in [0.4, 0.5) is 0 Å². The third-order valence-electron chi connectivity index (χ3n) is 10.2. The minimum Gasteiger partial charge on any atom is -0.457 e. The second-order valence-electron chi connectivity index (χ2n) is 15.5. The molecular formula is C47H78O14. The van der Waals surface area contributed by atoms with E-state index < -0.39 is 86.7 Å². The van der Waals surface area contributed by atoms with E-state index in [2.05, 4.69) is 74.6 Å². The first-order chi connectivity index (χ1) is 29.6. The van der Waals surface area contributed by atoms with Crippen molar-refractivity contribution in [2.45, 2.75) is 184 Å². The van der Waals surface area contributed by atoms with Crippen LogP contribution in [-0.4, -0.2) is 142 Å². The predicted molar refractivity (Wildman–Crippen MR) is 233 cm³/mol. The number of aliphatic hydroxyl groups excluding tert-OH is 7. The van der Waals surface area contributed by atoms with Gasteiger partial charge >= 0.3 is 5.97 Å². The Morgan fingerprint density at radius 1 is 0.557 bits per heavy atom. The summed E-state index contributed by atoms with van der Waals surface area (Å²) in [6.45, 7) is 3.34. The maximum Gasteiger partial charge on any atom is 0.306 e. The lowest BCUT2D eigenvalue weighted by atomic mass is 9.98. The van der Waals surface area contributed by atoms with Gasteiger partial charge in [0, 0.05) is 13.0 Å². The van der Waals surface area contributed by atoms with Gasteiger partial charge in [-0.3, -0.25) is 4.79 Å². The Bertz CT molecular complexity index is 1280. The molecule has 11 atom stereocenters. The lowest BCUT2D eigenvalue weighted by Crippen LogP contribution is -2.61. The number of esters is 1. The van der Waals surface area contributed by atoms with Crippen LogP contribution in [0.15, 0.2) is 72.9 Å². The largest absolute Gasteiger partial charge is 0.457 e. The van der Waals surface area contributed by atoms with Crippen molar-refractivity contribution in [3.05, 3.63) is 72.9 Å². The molecule has 0 saturated carbocycles. The van der Waals surface area contributed by atoms with Crippen LogP contribution in [0.2, 0.25) is 0 Å². The fourth-order valence-electron chi connectivity index (χ4n) is 6.51. The molecule has 2 saturated heterocycles. The molecule has 0 aromatic carbocycles. The van der Waals surface area contributed by atoms with Gasteiger partial charge in [-0.25, -0.2) is 0 Å². The average Bonchev–Trinajstić information content (AvgIpc) is 3.25. The Hall–Kier alpha value is -2.57. The summed E-state index contributed by atoms with van der Waals surface area (Å²) in [5.41, 5.74) is 0. The molecule has 0 aliphatic carbocycles. The smallest absolute Gasteiger partial charge is 0.306 e. The first-order valence-electron chi connectivity index (χ1n) is 22.5. The molecule has 0 aromatic heterocycles. The Labute approximate surface area is 364 Å². The van der Waals surface area contributed by atoms with Gasteiger partial charge in [-0.2, -0.15) is 0 Å². The summed E-state index contributed by atoms with van der Waals surface area (Å²) >= 11 is 0. The fourth-order valence-corrected chi connectivity index (χ4v) is 6.51. The molecule has 2 heterocycles. The number of aliphatic hydroxyl groups is 7. The standard InChI is InChI=1S/C47H78O14/c1-3-5-7-9-11-13-15-17-19-21-23-25-27-29-31-56-33-36(59-39(49)30-28-26-24-22-20-18-16-14-12-10-8-6-4-2)34-57-46-45(55)43(53)41(51)38(61-46)35-58-47-44(54)42(52)40(50)37(32-48)60-47/h6-9,12-15,18,20,24,26,36-38,40-48,50-55H,3-5,10-11,16-17,19,21-23,25,27-35H2,1-2H3/b8-6-,9-7-,14-12-,15-13-,20-18-,26-24-. The van der Waals surface area contributed by atoms with Crippen molar-refractivity contribution in [3.8, 4) is 0 Å². The first kappa shape index (κ1) is 54.6. The van der Waals surface area contributed by atoms with Crippen molar-refractivity contribution < 1.29 is 69.0 Å². The Morgan fingerprint density at radius 3 is 1.67 bits per heavy atom. The summed E-state index contributed by atoms with van der Waals surface area (Å²) in [5.74, 6) is -0.464. The molecule has 0 aromatic rings. The third-order valence-corrected chi connectivity index (χ3v) is 10.2. The minimum absolute atomic E-state index is 0.0212. The molecule has 14 nitrogen and oxygen atoms in total. The summed E-state index contributed by atoms with van der Waals surface area (Å²) in [6, 6.07) is 0. The summed E-state index contributed by atoms with van der Waals surface area (Å²) in [7, 11) is 0. The van der Waals surface area contributed by atoms with Crippen molar-refractivity contribution in [3.63, 3.8) is 0 Å². The molecule has 2 rings (SSSR count). The highest BCUT2D eigenvalue weighted by Crippen LogP contribution is 2.26. The van der Waals surface area contributed by atoms with Crippen molar-refractivity contribution in [1.29, 1.82) is 0 Å². The SMILES string of the molecule is CC/C=C\C/C=C\C/C=C\C/C=C\CCC(=O)OC(COCCCCCCCC/C=C\C/C=C\CCC)COC1OC(COC2OC(CO)C(O)C(O)C2O)C(O)C(O)C1O.